The number of nitrogens with zero attached hydrogens (tertiary/aromatic N) is 1. The fraction of sp³-hybridized carbons (Fsp3) is 0.375. The van der Waals surface area contributed by atoms with Crippen LogP contribution in [0.25, 0.3) is 0 Å². The normalized spacial score (nSPS) is 12.8. The molecule has 1 atom stereocenters. The minimum absolute atomic E-state index is 0.00639. The molecule has 12 heavy (non-hydrogen) atoms. The summed E-state index contributed by atoms with van der Waals surface area (Å²) in [6.07, 6.45) is 2.98. The van der Waals surface area contributed by atoms with Gasteiger partial charge in [-0.3, -0.25) is 4.79 Å². The fourth-order valence-electron chi connectivity index (χ4n) is 0.959. The van der Waals surface area contributed by atoms with Gasteiger partial charge in [0.15, 0.2) is 5.75 Å². The van der Waals surface area contributed by atoms with E-state index in [4.69, 9.17) is 10.8 Å². The van der Waals surface area contributed by atoms with E-state index >= 15 is 0 Å². The molecule has 1 aromatic heterocycles. The van der Waals surface area contributed by atoms with Crippen molar-refractivity contribution in [1.29, 1.82) is 0 Å². The summed E-state index contributed by atoms with van der Waals surface area (Å²) in [6.45, 7) is 2.45. The number of aromatic nitrogens is 1. The van der Waals surface area contributed by atoms with E-state index in [-0.39, 0.29) is 17.2 Å². The van der Waals surface area contributed by atoms with Crippen LogP contribution in [0.4, 0.5) is 0 Å². The van der Waals surface area contributed by atoms with E-state index in [0.717, 1.165) is 0 Å². The van der Waals surface area contributed by atoms with Gasteiger partial charge in [0.1, 0.15) is 0 Å². The molecule has 0 saturated carbocycles. The molecule has 0 fully saturated rings. The van der Waals surface area contributed by atoms with Crippen LogP contribution in [0.2, 0.25) is 0 Å². The fourth-order valence-corrected chi connectivity index (χ4v) is 0.959. The number of pyridine rings is 1. The Balaban J connectivity index is 2.90. The molecule has 4 nitrogen and oxygen atoms in total. The maximum Gasteiger partial charge on any atom is 0.223 e. The Morgan fingerprint density at radius 1 is 1.75 bits per heavy atom. The lowest BCUT2D eigenvalue weighted by Crippen LogP contribution is -2.22. The van der Waals surface area contributed by atoms with E-state index < -0.39 is 0 Å². The highest BCUT2D eigenvalue weighted by molar-refractivity contribution is 5.14. The summed E-state index contributed by atoms with van der Waals surface area (Å²) >= 11 is 0. The Morgan fingerprint density at radius 3 is 2.92 bits per heavy atom. The first kappa shape index (κ1) is 8.80. The van der Waals surface area contributed by atoms with Crippen LogP contribution in [0.5, 0.6) is 5.75 Å². The third kappa shape index (κ3) is 2.10. The molecule has 1 aromatic rings. The Morgan fingerprint density at radius 2 is 2.42 bits per heavy atom. The standard InChI is InChI=1S/C8H12N2O2/c1-6(9)4-10-3-2-7(11)8(12)5-10/h2-3,5-6,12H,4,9H2,1H3/t6-/m1/s1. The molecule has 0 spiro atoms. The Hall–Kier alpha value is -1.29. The van der Waals surface area contributed by atoms with Crippen LogP contribution >= 0.6 is 0 Å². The molecule has 0 radical (unpaired) electrons. The molecule has 0 bridgehead atoms. The third-order valence-electron chi connectivity index (χ3n) is 1.46. The minimum Gasteiger partial charge on any atom is -0.503 e. The first-order chi connectivity index (χ1) is 5.59. The Bertz CT molecular complexity index is 317. The maximum absolute atomic E-state index is 10.8. The molecule has 1 rings (SSSR count). The highest BCUT2D eigenvalue weighted by Crippen LogP contribution is 1.98. The van der Waals surface area contributed by atoms with E-state index in [0.29, 0.717) is 6.54 Å². The van der Waals surface area contributed by atoms with Crippen molar-refractivity contribution in [3.8, 4) is 5.75 Å². The smallest absolute Gasteiger partial charge is 0.223 e. The topological polar surface area (TPSA) is 68.2 Å². The lowest BCUT2D eigenvalue weighted by molar-refractivity contribution is 0.457. The molecule has 3 N–H and O–H groups in total. The molecule has 1 heterocycles. The average Bonchev–Trinajstić information content (AvgIpc) is 1.96. The zero-order valence-corrected chi connectivity index (χ0v) is 6.90. The molecule has 4 heteroatoms. The summed E-state index contributed by atoms with van der Waals surface area (Å²) in [5.74, 6) is -0.238. The number of rotatable bonds is 2. The van der Waals surface area contributed by atoms with Gasteiger partial charge in [-0.25, -0.2) is 0 Å². The number of hydrogen-bond acceptors (Lipinski definition) is 3. The van der Waals surface area contributed by atoms with Crippen molar-refractivity contribution in [2.45, 2.75) is 19.5 Å². The van der Waals surface area contributed by atoms with E-state index in [1.54, 1.807) is 10.8 Å². The molecule has 0 aliphatic carbocycles. The van der Waals surface area contributed by atoms with Crippen LogP contribution in [0, 0.1) is 0 Å². The number of hydrogen-bond donors (Lipinski definition) is 2. The van der Waals surface area contributed by atoms with Crippen LogP contribution in [0.1, 0.15) is 6.92 Å². The van der Waals surface area contributed by atoms with Crippen molar-refractivity contribution in [2.24, 2.45) is 5.73 Å². The summed E-state index contributed by atoms with van der Waals surface area (Å²) in [6, 6.07) is 1.32. The Kier molecular flexibility index (Phi) is 2.50. The van der Waals surface area contributed by atoms with E-state index in [9.17, 15) is 4.79 Å². The van der Waals surface area contributed by atoms with Crippen molar-refractivity contribution in [3.05, 3.63) is 28.7 Å². The lowest BCUT2D eigenvalue weighted by Gasteiger charge is -2.08. The molecule has 0 aliphatic rings. The first-order valence-corrected chi connectivity index (χ1v) is 3.74. The van der Waals surface area contributed by atoms with Crippen LogP contribution in [-0.4, -0.2) is 15.7 Å². The summed E-state index contributed by atoms with van der Waals surface area (Å²) < 4.78 is 1.68. The van der Waals surface area contributed by atoms with Crippen molar-refractivity contribution in [2.75, 3.05) is 0 Å². The van der Waals surface area contributed by atoms with Gasteiger partial charge >= 0.3 is 0 Å². The molecule has 0 amide bonds. The highest BCUT2D eigenvalue weighted by atomic mass is 16.3. The van der Waals surface area contributed by atoms with E-state index in [2.05, 4.69) is 0 Å². The number of nitrogens with two attached hydrogens (primary N) is 1. The van der Waals surface area contributed by atoms with Gasteiger partial charge in [0.2, 0.25) is 5.43 Å². The van der Waals surface area contributed by atoms with E-state index in [1.165, 1.54) is 12.3 Å². The van der Waals surface area contributed by atoms with Gasteiger partial charge in [-0.15, -0.1) is 0 Å². The zero-order chi connectivity index (χ0) is 9.14. The molecule has 0 unspecified atom stereocenters. The van der Waals surface area contributed by atoms with Crippen molar-refractivity contribution in [1.82, 2.24) is 4.57 Å². The second-order valence-corrected chi connectivity index (χ2v) is 2.87. The van der Waals surface area contributed by atoms with Gasteiger partial charge in [-0.1, -0.05) is 0 Å². The van der Waals surface area contributed by atoms with Crippen LogP contribution in [0.15, 0.2) is 23.3 Å². The van der Waals surface area contributed by atoms with Crippen molar-refractivity contribution < 1.29 is 5.11 Å². The minimum atomic E-state index is -0.365. The van der Waals surface area contributed by atoms with Gasteiger partial charge in [-0.2, -0.15) is 0 Å². The molecule has 0 aliphatic heterocycles. The predicted molar refractivity (Wildman–Crippen MR) is 46.0 cm³/mol. The SMILES string of the molecule is C[C@@H](N)Cn1ccc(=O)c(O)c1. The van der Waals surface area contributed by atoms with Gasteiger partial charge in [-0.05, 0) is 6.92 Å². The average molecular weight is 168 g/mol. The highest BCUT2D eigenvalue weighted by Gasteiger charge is 1.98. The monoisotopic (exact) mass is 168 g/mol. The molecule has 0 saturated heterocycles. The largest absolute Gasteiger partial charge is 0.503 e. The maximum atomic E-state index is 10.8. The summed E-state index contributed by atoms with van der Waals surface area (Å²) in [5, 5.41) is 9.04. The molecular weight excluding hydrogens is 156 g/mol. The second-order valence-electron chi connectivity index (χ2n) is 2.87. The summed E-state index contributed by atoms with van der Waals surface area (Å²) in [4.78, 5) is 10.8. The zero-order valence-electron chi connectivity index (χ0n) is 6.90. The predicted octanol–water partition coefficient (Wildman–Crippen LogP) is -0.0989. The van der Waals surface area contributed by atoms with Crippen molar-refractivity contribution in [3.63, 3.8) is 0 Å². The van der Waals surface area contributed by atoms with Crippen LogP contribution in [-0.2, 0) is 6.54 Å². The van der Waals surface area contributed by atoms with Gasteiger partial charge in [0.25, 0.3) is 0 Å². The summed E-state index contributed by atoms with van der Waals surface area (Å²) in [7, 11) is 0. The van der Waals surface area contributed by atoms with Gasteiger partial charge in [0.05, 0.1) is 0 Å². The summed E-state index contributed by atoms with van der Waals surface area (Å²) in [5.41, 5.74) is 5.17. The first-order valence-electron chi connectivity index (χ1n) is 3.74. The quantitative estimate of drug-likeness (QED) is 0.648. The van der Waals surface area contributed by atoms with Crippen LogP contribution in [0.3, 0.4) is 0 Å². The van der Waals surface area contributed by atoms with Gasteiger partial charge < -0.3 is 15.4 Å². The number of aromatic hydroxyl groups is 1. The molecule has 66 valence electrons. The third-order valence-corrected chi connectivity index (χ3v) is 1.46. The second kappa shape index (κ2) is 3.40. The molecule has 0 aromatic carbocycles. The van der Waals surface area contributed by atoms with Gasteiger partial charge in [0, 0.05) is 31.0 Å². The van der Waals surface area contributed by atoms with Crippen molar-refractivity contribution >= 4 is 0 Å². The van der Waals surface area contributed by atoms with E-state index in [1.807, 2.05) is 6.92 Å². The molecular formula is C8H12N2O2. The van der Waals surface area contributed by atoms with Crippen LogP contribution < -0.4 is 11.2 Å². The lowest BCUT2D eigenvalue weighted by atomic mass is 10.3. The Labute approximate surface area is 70.3 Å².